The van der Waals surface area contributed by atoms with Crippen LogP contribution >= 0.6 is 0 Å². The highest BCUT2D eigenvalue weighted by Gasteiger charge is 2.79. The lowest BCUT2D eigenvalue weighted by atomic mass is 10.1. The number of ether oxygens (including phenoxy) is 1. The first-order valence-electron chi connectivity index (χ1n) is 6.97. The molecule has 0 aromatic heterocycles. The van der Waals surface area contributed by atoms with Crippen molar-refractivity contribution in [3.8, 4) is 0 Å². The Morgan fingerprint density at radius 3 is 1.59 bits per heavy atom. The largest absolute Gasteiger partial charge is 0.462 e. The highest BCUT2D eigenvalue weighted by atomic mass is 19.4. The number of hydrogen-bond donors (Lipinski definition) is 1. The monoisotopic (exact) mass is 447 g/mol. The molecule has 1 rings (SSSR count). The fourth-order valence-electron chi connectivity index (χ4n) is 1.64. The summed E-state index contributed by atoms with van der Waals surface area (Å²) in [6, 6.07) is 3.21. The molecule has 0 aliphatic carbocycles. The van der Waals surface area contributed by atoms with E-state index >= 15 is 0 Å². The van der Waals surface area contributed by atoms with E-state index < -0.39 is 47.6 Å². The van der Waals surface area contributed by atoms with Gasteiger partial charge in [-0.05, 0) is 31.2 Å². The number of hydrogen-bond acceptors (Lipinski definition) is 3. The van der Waals surface area contributed by atoms with Crippen LogP contribution in [0, 0.1) is 0 Å². The quantitative estimate of drug-likeness (QED) is 0.501. The summed E-state index contributed by atoms with van der Waals surface area (Å²) >= 11 is 0. The summed E-state index contributed by atoms with van der Waals surface area (Å²) in [5, 5.41) is 1.04. The molecule has 0 aliphatic rings. The molecule has 1 aromatic carbocycles. The summed E-state index contributed by atoms with van der Waals surface area (Å²) in [7, 11) is 0. The standard InChI is InChI=1S/C14H8F11NO3/c1-6(27)7-2-4-8(5-3-7)26-9(28)10(15,12(18,19)20)29-14(24,25)11(16,17)13(21,22)23/h2-5H,1H3,(H,26,28)/t10-/m1/s1. The highest BCUT2D eigenvalue weighted by Crippen LogP contribution is 2.51. The molecule has 15 heteroatoms. The molecule has 1 N–H and O–H groups in total. The molecule has 1 atom stereocenters. The summed E-state index contributed by atoms with van der Waals surface area (Å²) in [5.41, 5.74) is -0.793. The first kappa shape index (κ1) is 24.6. The van der Waals surface area contributed by atoms with E-state index in [0.717, 1.165) is 24.4 Å². The number of nitrogens with one attached hydrogen (secondary N) is 1. The van der Waals surface area contributed by atoms with E-state index in [0.29, 0.717) is 12.1 Å². The number of halogens is 11. The zero-order valence-electron chi connectivity index (χ0n) is 13.7. The third-order valence-corrected chi connectivity index (χ3v) is 3.20. The van der Waals surface area contributed by atoms with E-state index in [2.05, 4.69) is 4.74 Å². The molecule has 0 aliphatic heterocycles. The topological polar surface area (TPSA) is 55.4 Å². The van der Waals surface area contributed by atoms with Gasteiger partial charge in [-0.1, -0.05) is 0 Å². The number of Topliss-reactive ketones (excluding diaryl/α,β-unsaturated/α-hetero) is 1. The van der Waals surface area contributed by atoms with Gasteiger partial charge in [0.05, 0.1) is 0 Å². The Morgan fingerprint density at radius 2 is 1.24 bits per heavy atom. The van der Waals surface area contributed by atoms with Crippen molar-refractivity contribution in [3.05, 3.63) is 29.8 Å². The first-order valence-corrected chi connectivity index (χ1v) is 6.97. The van der Waals surface area contributed by atoms with Crippen molar-refractivity contribution >= 4 is 17.4 Å². The summed E-state index contributed by atoms with van der Waals surface area (Å²) < 4.78 is 142. The van der Waals surface area contributed by atoms with Gasteiger partial charge in [0.25, 0.3) is 5.91 Å². The van der Waals surface area contributed by atoms with Gasteiger partial charge in [0, 0.05) is 11.3 Å². The second-order valence-corrected chi connectivity index (χ2v) is 5.37. The van der Waals surface area contributed by atoms with Gasteiger partial charge >= 0.3 is 30.2 Å². The summed E-state index contributed by atoms with van der Waals surface area (Å²) in [5.74, 6) is -17.3. The molecule has 0 unspecified atom stereocenters. The van der Waals surface area contributed by atoms with Crippen molar-refractivity contribution in [2.24, 2.45) is 0 Å². The molecule has 0 saturated carbocycles. The second-order valence-electron chi connectivity index (χ2n) is 5.37. The summed E-state index contributed by atoms with van der Waals surface area (Å²) in [6.07, 6.45) is -21.0. The normalized spacial score (nSPS) is 15.6. The van der Waals surface area contributed by atoms with Crippen molar-refractivity contribution in [2.75, 3.05) is 5.32 Å². The maximum absolute atomic E-state index is 14.0. The number of alkyl halides is 11. The van der Waals surface area contributed by atoms with Gasteiger partial charge in [-0.2, -0.15) is 48.3 Å². The smallest absolute Gasteiger partial charge is 0.321 e. The first-order chi connectivity index (χ1) is 12.8. The molecule has 0 bridgehead atoms. The van der Waals surface area contributed by atoms with E-state index in [4.69, 9.17) is 0 Å². The minimum Gasteiger partial charge on any atom is -0.321 e. The lowest BCUT2D eigenvalue weighted by Gasteiger charge is -2.34. The Hall–Kier alpha value is -2.45. The Bertz CT molecular complexity index is 770. The second kappa shape index (κ2) is 7.42. The molecule has 0 heterocycles. The highest BCUT2D eigenvalue weighted by molar-refractivity contribution is 5.98. The van der Waals surface area contributed by atoms with Crippen molar-refractivity contribution in [2.45, 2.75) is 37.2 Å². The molecule has 4 nitrogen and oxygen atoms in total. The van der Waals surface area contributed by atoms with Gasteiger partial charge in [-0.15, -0.1) is 0 Å². The Kier molecular flexibility index (Phi) is 6.29. The molecule has 0 saturated heterocycles. The fraction of sp³-hybridized carbons (Fsp3) is 0.429. The molecule has 164 valence electrons. The average molecular weight is 447 g/mol. The molecular weight excluding hydrogens is 439 g/mol. The number of benzene rings is 1. The van der Waals surface area contributed by atoms with E-state index in [-0.39, 0.29) is 5.56 Å². The predicted molar refractivity (Wildman–Crippen MR) is 72.0 cm³/mol. The van der Waals surface area contributed by atoms with Crippen molar-refractivity contribution < 1.29 is 62.6 Å². The van der Waals surface area contributed by atoms with Crippen LogP contribution in [0.2, 0.25) is 0 Å². The maximum atomic E-state index is 14.0. The van der Waals surface area contributed by atoms with Crippen LogP contribution in [0.4, 0.5) is 54.0 Å². The number of anilines is 1. The summed E-state index contributed by atoms with van der Waals surface area (Å²) in [6.45, 7) is 1.07. The van der Waals surface area contributed by atoms with Crippen LogP contribution < -0.4 is 5.32 Å². The van der Waals surface area contributed by atoms with E-state index in [9.17, 15) is 57.9 Å². The molecule has 1 aromatic rings. The van der Waals surface area contributed by atoms with Crippen LogP contribution in [0.3, 0.4) is 0 Å². The van der Waals surface area contributed by atoms with Gasteiger partial charge < -0.3 is 5.32 Å². The van der Waals surface area contributed by atoms with Gasteiger partial charge in [-0.25, -0.2) is 0 Å². The number of rotatable bonds is 6. The fourth-order valence-corrected chi connectivity index (χ4v) is 1.64. The van der Waals surface area contributed by atoms with E-state index in [1.165, 1.54) is 0 Å². The number of ketones is 1. The molecule has 29 heavy (non-hydrogen) atoms. The minimum absolute atomic E-state index is 0.0436. The van der Waals surface area contributed by atoms with Gasteiger partial charge in [-0.3, -0.25) is 14.3 Å². The third kappa shape index (κ3) is 4.76. The molecule has 1 amide bonds. The van der Waals surface area contributed by atoms with Crippen LogP contribution in [0.5, 0.6) is 0 Å². The SMILES string of the molecule is CC(=O)c1ccc(NC(=O)[C@@](F)(OC(F)(F)C(F)(F)C(F)(F)F)C(F)(F)F)cc1. The van der Waals surface area contributed by atoms with Crippen molar-refractivity contribution in [1.82, 2.24) is 0 Å². The number of carbonyl (C=O) groups is 2. The molecular formula is C14H8F11NO3. The molecule has 0 radical (unpaired) electrons. The van der Waals surface area contributed by atoms with Crippen molar-refractivity contribution in [1.29, 1.82) is 0 Å². The van der Waals surface area contributed by atoms with Gasteiger partial charge in [0.2, 0.25) is 0 Å². The lowest BCUT2D eigenvalue weighted by molar-refractivity contribution is -0.472. The Balaban J connectivity index is 3.27. The third-order valence-electron chi connectivity index (χ3n) is 3.20. The Labute approximate surface area is 153 Å². The van der Waals surface area contributed by atoms with Crippen LogP contribution in [0.1, 0.15) is 17.3 Å². The zero-order chi connectivity index (χ0) is 23.1. The summed E-state index contributed by atoms with van der Waals surface area (Å²) in [4.78, 5) is 22.5. The number of amides is 1. The van der Waals surface area contributed by atoms with Crippen LogP contribution in [0.15, 0.2) is 24.3 Å². The van der Waals surface area contributed by atoms with E-state index in [1.807, 2.05) is 0 Å². The van der Waals surface area contributed by atoms with Gasteiger partial charge in [0.15, 0.2) is 5.78 Å². The predicted octanol–water partition coefficient (Wildman–Crippen LogP) is 4.86. The van der Waals surface area contributed by atoms with Crippen LogP contribution in [0.25, 0.3) is 0 Å². The number of carbonyl (C=O) groups excluding carboxylic acids is 2. The van der Waals surface area contributed by atoms with Crippen LogP contribution in [-0.2, 0) is 9.53 Å². The Morgan fingerprint density at radius 1 is 0.793 bits per heavy atom. The van der Waals surface area contributed by atoms with Gasteiger partial charge in [0.1, 0.15) is 0 Å². The van der Waals surface area contributed by atoms with E-state index in [1.54, 1.807) is 0 Å². The maximum Gasteiger partial charge on any atom is 0.462 e. The van der Waals surface area contributed by atoms with Crippen molar-refractivity contribution in [3.63, 3.8) is 0 Å². The molecule has 0 fully saturated rings. The zero-order valence-corrected chi connectivity index (χ0v) is 13.7. The lowest BCUT2D eigenvalue weighted by Crippen LogP contribution is -2.62. The minimum atomic E-state index is -7.27. The van der Waals surface area contributed by atoms with Crippen LogP contribution in [-0.4, -0.2) is 41.9 Å². The average Bonchev–Trinajstić information content (AvgIpc) is 2.52. The molecule has 0 spiro atoms.